The van der Waals surface area contributed by atoms with Crippen molar-refractivity contribution in [3.05, 3.63) is 66.5 Å². The molecule has 0 saturated heterocycles. The van der Waals surface area contributed by atoms with Crippen molar-refractivity contribution < 1.29 is 9.53 Å². The lowest BCUT2D eigenvalue weighted by molar-refractivity contribution is -0.112. The van der Waals surface area contributed by atoms with Gasteiger partial charge in [-0.3, -0.25) is 4.79 Å². The van der Waals surface area contributed by atoms with E-state index in [9.17, 15) is 10.1 Å². The summed E-state index contributed by atoms with van der Waals surface area (Å²) in [6.45, 7) is 5.46. The number of para-hydroxylation sites is 1. The van der Waals surface area contributed by atoms with Gasteiger partial charge < -0.3 is 30.2 Å². The number of primary amides is 1. The quantitative estimate of drug-likeness (QED) is 0.261. The van der Waals surface area contributed by atoms with E-state index in [1.165, 1.54) is 6.20 Å². The number of anilines is 3. The predicted molar refractivity (Wildman–Crippen MR) is 162 cm³/mol. The summed E-state index contributed by atoms with van der Waals surface area (Å²) in [4.78, 5) is 25.5. The lowest BCUT2D eigenvalue weighted by Crippen LogP contribution is -2.29. The highest BCUT2D eigenvalue weighted by molar-refractivity contribution is 6.19. The van der Waals surface area contributed by atoms with Crippen molar-refractivity contribution in [2.75, 3.05) is 51.6 Å². The third-order valence-electron chi connectivity index (χ3n) is 7.33. The van der Waals surface area contributed by atoms with Crippen LogP contribution < -0.4 is 20.7 Å². The molecular weight excluding hydrogens is 516 g/mol. The number of fused-ring (bicyclic) bond motifs is 1. The normalized spacial score (nSPS) is 12.8. The minimum absolute atomic E-state index is 0.178. The van der Waals surface area contributed by atoms with Crippen LogP contribution in [0, 0.1) is 11.3 Å². The number of rotatable bonds is 11. The van der Waals surface area contributed by atoms with Gasteiger partial charge in [0.15, 0.2) is 0 Å². The van der Waals surface area contributed by atoms with Crippen LogP contribution in [-0.4, -0.2) is 66.7 Å². The maximum absolute atomic E-state index is 12.2. The number of carbonyl (C=O) groups is 1. The largest absolute Gasteiger partial charge is 0.494 e. The number of nitrogens with one attached hydrogen (secondary N) is 1. The van der Waals surface area contributed by atoms with Gasteiger partial charge in [0.25, 0.3) is 0 Å². The lowest BCUT2D eigenvalue weighted by Gasteiger charge is -2.26. The Kier molecular flexibility index (Phi) is 7.64. The fraction of sp³-hybridized carbons (Fsp3) is 0.290. The van der Waals surface area contributed by atoms with E-state index in [0.29, 0.717) is 40.8 Å². The van der Waals surface area contributed by atoms with E-state index in [2.05, 4.69) is 50.7 Å². The van der Waals surface area contributed by atoms with Gasteiger partial charge >= 0.3 is 0 Å². The Morgan fingerprint density at radius 2 is 2.00 bits per heavy atom. The van der Waals surface area contributed by atoms with Crippen LogP contribution in [0.4, 0.5) is 17.3 Å². The second-order valence-corrected chi connectivity index (χ2v) is 10.5. The van der Waals surface area contributed by atoms with Gasteiger partial charge in [0.2, 0.25) is 11.9 Å². The summed E-state index contributed by atoms with van der Waals surface area (Å²) in [5, 5.41) is 14.2. The van der Waals surface area contributed by atoms with Gasteiger partial charge in [-0.1, -0.05) is 24.8 Å². The van der Waals surface area contributed by atoms with Gasteiger partial charge in [-0.25, -0.2) is 9.97 Å². The molecule has 1 aliphatic carbocycles. The summed E-state index contributed by atoms with van der Waals surface area (Å²) >= 11 is 0. The highest BCUT2D eigenvalue weighted by atomic mass is 16.5. The van der Waals surface area contributed by atoms with Crippen LogP contribution in [0.1, 0.15) is 30.0 Å². The van der Waals surface area contributed by atoms with E-state index >= 15 is 0 Å². The Morgan fingerprint density at radius 3 is 2.66 bits per heavy atom. The van der Waals surface area contributed by atoms with Crippen LogP contribution in [0.2, 0.25) is 0 Å². The molecule has 0 radical (unpaired) electrons. The number of carbonyl (C=O) groups excluding carboxylic acids is 1. The van der Waals surface area contributed by atoms with E-state index in [-0.39, 0.29) is 11.5 Å². The molecule has 10 heteroatoms. The molecule has 10 nitrogen and oxygen atoms in total. The van der Waals surface area contributed by atoms with Gasteiger partial charge in [-0.05, 0) is 39.1 Å². The first-order valence-corrected chi connectivity index (χ1v) is 13.4. The average molecular weight is 551 g/mol. The third-order valence-corrected chi connectivity index (χ3v) is 7.33. The summed E-state index contributed by atoms with van der Waals surface area (Å²) in [7, 11) is 7.52. The molecule has 3 N–H and O–H groups in total. The zero-order valence-corrected chi connectivity index (χ0v) is 23.8. The SMILES string of the molecule is C=C(C(N)=O)c1cc(Nc2ncc(C#N)c(-c3cn(C4CC4)c4ccccc34)n2)c(OC)cc1N(C)CCN(C)C. The number of methoxy groups -OCH3 is 1. The van der Waals surface area contributed by atoms with Crippen LogP contribution in [0.15, 0.2) is 55.4 Å². The fourth-order valence-corrected chi connectivity index (χ4v) is 4.89. The number of nitrogens with two attached hydrogens (primary N) is 1. The number of nitrogens with zero attached hydrogens (tertiary/aromatic N) is 6. The van der Waals surface area contributed by atoms with Gasteiger partial charge in [0.1, 0.15) is 11.8 Å². The third kappa shape index (κ3) is 5.58. The highest BCUT2D eigenvalue weighted by Gasteiger charge is 2.27. The first kappa shape index (κ1) is 27.7. The van der Waals surface area contributed by atoms with Gasteiger partial charge in [0.05, 0.1) is 30.3 Å². The van der Waals surface area contributed by atoms with E-state index < -0.39 is 5.91 Å². The number of amides is 1. The van der Waals surface area contributed by atoms with Gasteiger partial charge in [-0.2, -0.15) is 5.26 Å². The first-order chi connectivity index (χ1) is 19.7. The van der Waals surface area contributed by atoms with Crippen LogP contribution in [0.5, 0.6) is 5.75 Å². The van der Waals surface area contributed by atoms with E-state index in [1.807, 2.05) is 44.2 Å². The van der Waals surface area contributed by atoms with Crippen LogP contribution in [-0.2, 0) is 4.79 Å². The van der Waals surface area contributed by atoms with Gasteiger partial charge in [0, 0.05) is 71.7 Å². The molecule has 2 aromatic carbocycles. The second-order valence-electron chi connectivity index (χ2n) is 10.5. The Bertz CT molecular complexity index is 1680. The summed E-state index contributed by atoms with van der Waals surface area (Å²) in [5.41, 5.74) is 10.6. The monoisotopic (exact) mass is 550 g/mol. The highest BCUT2D eigenvalue weighted by Crippen LogP contribution is 2.42. The van der Waals surface area contributed by atoms with Crippen molar-refractivity contribution in [1.29, 1.82) is 5.26 Å². The molecule has 0 bridgehead atoms. The topological polar surface area (TPSA) is 125 Å². The molecule has 0 unspecified atom stereocenters. The summed E-state index contributed by atoms with van der Waals surface area (Å²) in [5.74, 6) is 0.190. The molecule has 1 aliphatic rings. The van der Waals surface area contributed by atoms with Gasteiger partial charge in [-0.15, -0.1) is 0 Å². The smallest absolute Gasteiger partial charge is 0.248 e. The van der Waals surface area contributed by atoms with E-state index in [1.54, 1.807) is 13.2 Å². The zero-order valence-electron chi connectivity index (χ0n) is 23.8. The molecule has 1 amide bonds. The van der Waals surface area contributed by atoms with Crippen molar-refractivity contribution >= 4 is 39.7 Å². The average Bonchev–Trinajstić information content (AvgIpc) is 3.75. The van der Waals surface area contributed by atoms with Crippen molar-refractivity contribution in [3.8, 4) is 23.1 Å². The molecule has 4 aromatic rings. The molecule has 0 spiro atoms. The standard InChI is InChI=1S/C31H34N8O2/c1-19(30(33)40)23-14-25(28(41-5)15-27(23)38(4)13-12-37(2)3)35-31-34-17-20(16-32)29(36-31)24-18-39(21-10-11-21)26-9-7-6-8-22(24)26/h6-9,14-15,17-18,21H,1,10-13H2,2-5H3,(H2,33,40)(H,34,35,36). The van der Waals surface area contributed by atoms with Crippen molar-refractivity contribution in [2.24, 2.45) is 5.73 Å². The maximum atomic E-state index is 12.2. The second kappa shape index (κ2) is 11.3. The number of likely N-dealkylation sites (N-methyl/N-ethyl adjacent to an activating group) is 2. The Labute approximate surface area is 239 Å². The van der Waals surface area contributed by atoms with Crippen LogP contribution >= 0.6 is 0 Å². The molecule has 1 fully saturated rings. The Morgan fingerprint density at radius 1 is 1.24 bits per heavy atom. The lowest BCUT2D eigenvalue weighted by atomic mass is 10.0. The molecule has 210 valence electrons. The molecule has 2 aromatic heterocycles. The number of aromatic nitrogens is 3. The van der Waals surface area contributed by atoms with Crippen molar-refractivity contribution in [1.82, 2.24) is 19.4 Å². The summed E-state index contributed by atoms with van der Waals surface area (Å²) in [6.07, 6.45) is 5.88. The molecule has 0 aliphatic heterocycles. The first-order valence-electron chi connectivity index (χ1n) is 13.4. The summed E-state index contributed by atoms with van der Waals surface area (Å²) < 4.78 is 8.00. The molecule has 1 saturated carbocycles. The molecule has 5 rings (SSSR count). The number of benzene rings is 2. The van der Waals surface area contributed by atoms with E-state index in [0.717, 1.165) is 41.5 Å². The number of hydrogen-bond acceptors (Lipinski definition) is 8. The zero-order chi connectivity index (χ0) is 29.3. The molecular formula is C31H34N8O2. The van der Waals surface area contributed by atoms with E-state index in [4.69, 9.17) is 15.5 Å². The van der Waals surface area contributed by atoms with Crippen molar-refractivity contribution in [3.63, 3.8) is 0 Å². The number of nitriles is 1. The minimum Gasteiger partial charge on any atom is -0.494 e. The van der Waals surface area contributed by atoms with Crippen LogP contribution in [0.25, 0.3) is 27.7 Å². The molecule has 41 heavy (non-hydrogen) atoms. The molecule has 2 heterocycles. The van der Waals surface area contributed by atoms with Crippen molar-refractivity contribution in [2.45, 2.75) is 18.9 Å². The Hall–Kier alpha value is -4.88. The van der Waals surface area contributed by atoms with Crippen LogP contribution in [0.3, 0.4) is 0 Å². The maximum Gasteiger partial charge on any atom is 0.248 e. The minimum atomic E-state index is -0.618. The number of hydrogen-bond donors (Lipinski definition) is 2. The summed E-state index contributed by atoms with van der Waals surface area (Å²) in [6, 6.07) is 14.5. The number of ether oxygens (including phenoxy) is 1. The fourth-order valence-electron chi connectivity index (χ4n) is 4.89. The molecule has 0 atom stereocenters. The predicted octanol–water partition coefficient (Wildman–Crippen LogP) is 4.55. The Balaban J connectivity index is 1.57.